The zero-order chi connectivity index (χ0) is 30.2. The number of hydrazone groups is 1. The highest BCUT2D eigenvalue weighted by molar-refractivity contribution is 6.29. The third kappa shape index (κ3) is 5.44. The van der Waals surface area contributed by atoms with Crippen LogP contribution in [0.3, 0.4) is 0 Å². The Morgan fingerprint density at radius 3 is 2.84 bits per heavy atom. The molecule has 6 rings (SSSR count). The van der Waals surface area contributed by atoms with Gasteiger partial charge in [-0.25, -0.2) is 9.78 Å². The lowest BCUT2D eigenvalue weighted by atomic mass is 9.94. The number of anilines is 1. The number of carbonyl (C=O) groups excluding carboxylic acids is 1. The maximum absolute atomic E-state index is 14.0. The number of carbonyl (C=O) groups is 1. The van der Waals surface area contributed by atoms with Crippen LogP contribution in [0.5, 0.6) is 0 Å². The molecule has 2 unspecified atom stereocenters. The number of nitrogens with zero attached hydrogens (tertiary/aromatic N) is 5. The van der Waals surface area contributed by atoms with Crippen LogP contribution in [0.1, 0.15) is 59.4 Å². The lowest BCUT2D eigenvalue weighted by Gasteiger charge is -2.21. The van der Waals surface area contributed by atoms with Gasteiger partial charge in [0.05, 0.1) is 47.9 Å². The first-order chi connectivity index (χ1) is 20.7. The second kappa shape index (κ2) is 11.7. The fourth-order valence-electron chi connectivity index (χ4n) is 5.94. The van der Waals surface area contributed by atoms with Gasteiger partial charge >= 0.3 is 11.4 Å². The van der Waals surface area contributed by atoms with Crippen molar-refractivity contribution in [3.8, 4) is 11.3 Å². The van der Waals surface area contributed by atoms with Gasteiger partial charge in [-0.1, -0.05) is 22.8 Å². The number of pyridine rings is 3. The number of aryl methyl sites for hydroxylation is 1. The molecule has 1 aromatic carbocycles. The van der Waals surface area contributed by atoms with Gasteiger partial charge in [0.25, 0.3) is 5.91 Å². The van der Waals surface area contributed by atoms with Gasteiger partial charge in [0.15, 0.2) is 0 Å². The number of hydrogen-bond donors (Lipinski definition) is 2. The summed E-state index contributed by atoms with van der Waals surface area (Å²) >= 11 is 6.31. The number of amides is 1. The van der Waals surface area contributed by atoms with Crippen LogP contribution in [0.2, 0.25) is 5.15 Å². The van der Waals surface area contributed by atoms with Gasteiger partial charge in [0.1, 0.15) is 10.8 Å². The average Bonchev–Trinajstić information content (AvgIpc) is 3.67. The first-order valence-corrected chi connectivity index (χ1v) is 14.7. The molecule has 1 saturated heterocycles. The molecule has 43 heavy (non-hydrogen) atoms. The van der Waals surface area contributed by atoms with Gasteiger partial charge in [0.2, 0.25) is 0 Å². The van der Waals surface area contributed by atoms with E-state index in [1.54, 1.807) is 42.2 Å². The summed E-state index contributed by atoms with van der Waals surface area (Å²) in [4.78, 5) is 34.9. The van der Waals surface area contributed by atoms with E-state index in [0.717, 1.165) is 53.6 Å². The topological polar surface area (TPSA) is 114 Å². The van der Waals surface area contributed by atoms with Crippen LogP contribution in [0.25, 0.3) is 22.0 Å². The van der Waals surface area contributed by atoms with E-state index in [-0.39, 0.29) is 23.6 Å². The summed E-state index contributed by atoms with van der Waals surface area (Å²) in [6, 6.07) is 10.8. The number of aromatic nitrogens is 3. The predicted molar refractivity (Wildman–Crippen MR) is 169 cm³/mol. The van der Waals surface area contributed by atoms with E-state index < -0.39 is 0 Å². The molecule has 0 spiro atoms. The minimum absolute atomic E-state index is 0.0702. The quantitative estimate of drug-likeness (QED) is 0.212. The summed E-state index contributed by atoms with van der Waals surface area (Å²) in [5.74, 6) is 0.413. The zero-order valence-electron chi connectivity index (χ0n) is 24.4. The summed E-state index contributed by atoms with van der Waals surface area (Å²) < 4.78 is 9.15. The van der Waals surface area contributed by atoms with Crippen LogP contribution in [-0.2, 0) is 11.3 Å². The molecule has 2 aliphatic rings. The highest BCUT2D eigenvalue weighted by Crippen LogP contribution is 2.37. The Morgan fingerprint density at radius 1 is 1.28 bits per heavy atom. The standard InChI is InChI=1S/C32H32ClN7O3/c1-18-14-22(19(2)37-25-9-10-27(33)38-29(25)20-7-8-26(35-16-20)30(41)34-3)28-23(15-18)32(42)40(12-11-21-6-5-13-43-21)31-24(28)17-36-39(31)4/h7-10,14-17,19,21H,4-6,11-13H2,1-3H3,(H-,34,37,41)/p+1. The monoisotopic (exact) mass is 598 g/mol. The van der Waals surface area contributed by atoms with Gasteiger partial charge in [-0.05, 0) is 68.1 Å². The van der Waals surface area contributed by atoms with Crippen LogP contribution < -0.4 is 16.2 Å². The van der Waals surface area contributed by atoms with Gasteiger partial charge in [-0.3, -0.25) is 9.78 Å². The van der Waals surface area contributed by atoms with E-state index in [0.29, 0.717) is 39.9 Å². The van der Waals surface area contributed by atoms with Gasteiger partial charge < -0.3 is 15.4 Å². The summed E-state index contributed by atoms with van der Waals surface area (Å²) in [7, 11) is 1.56. The molecule has 11 heteroatoms. The lowest BCUT2D eigenvalue weighted by molar-refractivity contribution is -0.437. The second-order valence-electron chi connectivity index (χ2n) is 10.9. The molecule has 1 fully saturated rings. The van der Waals surface area contributed by atoms with Crippen LogP contribution in [0.4, 0.5) is 11.5 Å². The summed E-state index contributed by atoms with van der Waals surface area (Å²) in [5, 5.41) is 12.4. The molecular formula is C32H33ClN7O3+. The SMILES string of the molecule is C=[N+]1N=Cc2c1n(CCC1CCCO1)c(=O)c1cc(C)cc(C(C)Nc3ccc(Cl)nc3-c3ccc(C(=O)NC)nc3)c21. The second-order valence-corrected chi connectivity index (χ2v) is 11.3. The van der Waals surface area contributed by atoms with Crippen molar-refractivity contribution >= 4 is 52.7 Å². The van der Waals surface area contributed by atoms with Crippen molar-refractivity contribution in [1.82, 2.24) is 19.9 Å². The molecule has 0 aliphatic carbocycles. The first-order valence-electron chi connectivity index (χ1n) is 14.3. The van der Waals surface area contributed by atoms with Crippen molar-refractivity contribution in [2.24, 2.45) is 5.10 Å². The minimum Gasteiger partial charge on any atom is -0.378 e. The Hall–Kier alpha value is -4.41. The van der Waals surface area contributed by atoms with Crippen LogP contribution >= 0.6 is 11.6 Å². The molecule has 4 aromatic rings. The number of nitrogens with one attached hydrogen (secondary N) is 2. The van der Waals surface area contributed by atoms with Crippen LogP contribution in [0, 0.1) is 6.92 Å². The van der Waals surface area contributed by atoms with E-state index in [1.807, 2.05) is 26.0 Å². The van der Waals surface area contributed by atoms with Crippen molar-refractivity contribution in [2.45, 2.75) is 51.8 Å². The summed E-state index contributed by atoms with van der Waals surface area (Å²) in [6.45, 7) is 9.42. The van der Waals surface area contributed by atoms with Gasteiger partial charge in [-0.2, -0.15) is 4.57 Å². The Balaban J connectivity index is 1.41. The summed E-state index contributed by atoms with van der Waals surface area (Å²) in [5.41, 5.74) is 5.06. The Bertz CT molecular complexity index is 1840. The van der Waals surface area contributed by atoms with Crippen molar-refractivity contribution in [3.63, 3.8) is 0 Å². The number of rotatable bonds is 8. The number of fused-ring (bicyclic) bond motifs is 3. The van der Waals surface area contributed by atoms with Crippen LogP contribution in [0.15, 0.2) is 52.5 Å². The van der Waals surface area contributed by atoms with Crippen LogP contribution in [-0.4, -0.2) is 57.8 Å². The Morgan fingerprint density at radius 2 is 2.12 bits per heavy atom. The van der Waals surface area contributed by atoms with E-state index in [1.165, 1.54) is 4.68 Å². The molecule has 2 N–H and O–H groups in total. The molecule has 1 amide bonds. The normalized spacial score (nSPS) is 16.5. The highest BCUT2D eigenvalue weighted by atomic mass is 35.5. The number of benzene rings is 1. The maximum atomic E-state index is 14.0. The van der Waals surface area contributed by atoms with Crippen molar-refractivity contribution in [3.05, 3.63) is 80.5 Å². The minimum atomic E-state index is -0.272. The number of hydrogen-bond acceptors (Lipinski definition) is 7. The summed E-state index contributed by atoms with van der Waals surface area (Å²) in [6.07, 6.45) is 6.37. The van der Waals surface area contributed by atoms with E-state index >= 15 is 0 Å². The molecule has 0 bridgehead atoms. The van der Waals surface area contributed by atoms with Gasteiger partial charge in [0, 0.05) is 43.3 Å². The molecule has 10 nitrogen and oxygen atoms in total. The fourth-order valence-corrected chi connectivity index (χ4v) is 6.09. The fraction of sp³-hybridized carbons (Fsp3) is 0.312. The van der Waals surface area contributed by atoms with Crippen molar-refractivity contribution in [1.29, 1.82) is 0 Å². The number of halogens is 1. The highest BCUT2D eigenvalue weighted by Gasteiger charge is 2.32. The van der Waals surface area contributed by atoms with E-state index in [4.69, 9.17) is 16.3 Å². The third-order valence-corrected chi connectivity index (χ3v) is 8.23. The molecule has 3 aromatic heterocycles. The Labute approximate surface area is 254 Å². The average molecular weight is 599 g/mol. The Kier molecular flexibility index (Phi) is 7.81. The first kappa shape index (κ1) is 28.7. The molecule has 0 radical (unpaired) electrons. The molecule has 220 valence electrons. The van der Waals surface area contributed by atoms with Crippen molar-refractivity contribution in [2.75, 3.05) is 19.0 Å². The third-order valence-electron chi connectivity index (χ3n) is 8.02. The largest absolute Gasteiger partial charge is 0.378 e. The molecule has 0 saturated carbocycles. The predicted octanol–water partition coefficient (Wildman–Crippen LogP) is 5.21. The van der Waals surface area contributed by atoms with E-state index in [2.05, 4.69) is 38.5 Å². The van der Waals surface area contributed by atoms with E-state index in [9.17, 15) is 9.59 Å². The van der Waals surface area contributed by atoms with Gasteiger partial charge in [-0.15, -0.1) is 4.68 Å². The zero-order valence-corrected chi connectivity index (χ0v) is 25.1. The molecule has 2 atom stereocenters. The molecule has 2 aliphatic heterocycles. The smallest absolute Gasteiger partial charge is 0.341 e. The lowest BCUT2D eigenvalue weighted by Crippen LogP contribution is -2.26. The number of ether oxygens (including phenoxy) is 1. The van der Waals surface area contributed by atoms with Crippen molar-refractivity contribution < 1.29 is 14.2 Å². The molecule has 5 heterocycles. The maximum Gasteiger partial charge on any atom is 0.341 e. The molecular weight excluding hydrogens is 566 g/mol.